The number of aryl methyl sites for hydroxylation is 2. The van der Waals surface area contributed by atoms with Gasteiger partial charge in [0.05, 0.1) is 11.8 Å². The molecule has 3 amide bonds. The molecule has 210 valence electrons. The van der Waals surface area contributed by atoms with Gasteiger partial charge in [0.25, 0.3) is 0 Å². The van der Waals surface area contributed by atoms with E-state index in [0.717, 1.165) is 43.8 Å². The fourth-order valence-electron chi connectivity index (χ4n) is 7.30. The lowest BCUT2D eigenvalue weighted by molar-refractivity contribution is -0.146. The van der Waals surface area contributed by atoms with Gasteiger partial charge in [0.2, 0.25) is 17.7 Å². The van der Waals surface area contributed by atoms with E-state index in [9.17, 15) is 14.4 Å². The molecule has 2 bridgehead atoms. The molecular weight excluding hydrogens is 567 g/mol. The minimum Gasteiger partial charge on any atom is -0.324 e. The number of nitrogens with zero attached hydrogens (tertiary/aromatic N) is 1. The molecule has 1 fully saturated rings. The molecule has 3 aliphatic carbocycles. The number of carbonyl (C=O) groups is 3. The Balaban J connectivity index is 1.36. The number of hydrogen-bond donors (Lipinski definition) is 1. The van der Waals surface area contributed by atoms with Gasteiger partial charge in [-0.25, -0.2) is 0 Å². The smallest absolute Gasteiger partial charge is 0.248 e. The third kappa shape index (κ3) is 3.60. The van der Waals surface area contributed by atoms with E-state index in [2.05, 4.69) is 5.32 Å². The molecule has 0 saturated carbocycles. The van der Waals surface area contributed by atoms with Crippen molar-refractivity contribution >= 4 is 46.6 Å². The number of benzene rings is 4. The average Bonchev–Trinajstić information content (AvgIpc) is 3.27. The number of hydrogen-bond acceptors (Lipinski definition) is 3. The summed E-state index contributed by atoms with van der Waals surface area (Å²) in [5.41, 5.74) is 6.31. The zero-order valence-electron chi connectivity index (χ0n) is 23.1. The molecule has 1 heterocycles. The van der Waals surface area contributed by atoms with E-state index in [0.29, 0.717) is 5.69 Å². The van der Waals surface area contributed by atoms with Gasteiger partial charge in [-0.2, -0.15) is 0 Å². The summed E-state index contributed by atoms with van der Waals surface area (Å²) in [5.74, 6) is -3.35. The first-order chi connectivity index (χ1) is 20.2. The van der Waals surface area contributed by atoms with Gasteiger partial charge >= 0.3 is 0 Å². The van der Waals surface area contributed by atoms with Crippen molar-refractivity contribution in [1.29, 1.82) is 0 Å². The van der Waals surface area contributed by atoms with Crippen LogP contribution in [0.25, 0.3) is 0 Å². The number of anilines is 1. The van der Waals surface area contributed by atoms with Crippen molar-refractivity contribution in [2.45, 2.75) is 36.1 Å². The van der Waals surface area contributed by atoms with Crippen LogP contribution in [0.5, 0.6) is 0 Å². The maximum atomic E-state index is 14.6. The van der Waals surface area contributed by atoms with Gasteiger partial charge in [-0.1, -0.05) is 96.6 Å². The normalized spacial score (nSPS) is 26.0. The predicted molar refractivity (Wildman–Crippen MR) is 163 cm³/mol. The summed E-state index contributed by atoms with van der Waals surface area (Å²) < 4.78 is 0. The summed E-state index contributed by atoms with van der Waals surface area (Å²) in [6.45, 7) is 3.89. The summed E-state index contributed by atoms with van der Waals surface area (Å²) in [6, 6.07) is 29.1. The number of nitrogens with one attached hydrogen (secondary N) is 1. The lowest BCUT2D eigenvalue weighted by Crippen LogP contribution is -2.57. The van der Waals surface area contributed by atoms with Gasteiger partial charge in [-0.05, 0) is 53.3 Å². The number of halogens is 2. The maximum Gasteiger partial charge on any atom is 0.248 e. The van der Waals surface area contributed by atoms with Gasteiger partial charge in [-0.15, -0.1) is 23.2 Å². The maximum absolute atomic E-state index is 14.6. The number of carbonyl (C=O) groups excluding carboxylic acids is 3. The van der Waals surface area contributed by atoms with E-state index in [1.54, 1.807) is 0 Å². The van der Waals surface area contributed by atoms with Crippen LogP contribution in [-0.4, -0.2) is 28.7 Å². The third-order valence-electron chi connectivity index (χ3n) is 9.15. The van der Waals surface area contributed by atoms with Gasteiger partial charge < -0.3 is 5.32 Å². The van der Waals surface area contributed by atoms with Gasteiger partial charge in [0.1, 0.15) is 15.8 Å². The molecule has 4 aromatic rings. The summed E-state index contributed by atoms with van der Waals surface area (Å²) >= 11 is 15.2. The Bertz CT molecular complexity index is 1660. The molecule has 4 aromatic carbocycles. The van der Waals surface area contributed by atoms with Crippen molar-refractivity contribution in [1.82, 2.24) is 4.90 Å². The highest BCUT2D eigenvalue weighted by Crippen LogP contribution is 2.69. The second kappa shape index (κ2) is 9.55. The number of likely N-dealkylation sites (tertiary alicyclic amines) is 1. The lowest BCUT2D eigenvalue weighted by Gasteiger charge is -2.54. The molecule has 1 aliphatic heterocycles. The molecular formula is C35H28Cl2N2O3. The second-order valence-corrected chi connectivity index (χ2v) is 12.7. The van der Waals surface area contributed by atoms with Crippen LogP contribution in [0.2, 0.25) is 0 Å². The quantitative estimate of drug-likeness (QED) is 0.213. The van der Waals surface area contributed by atoms with E-state index in [1.807, 2.05) is 111 Å². The van der Waals surface area contributed by atoms with Crippen molar-refractivity contribution in [2.75, 3.05) is 5.32 Å². The number of imide groups is 1. The number of amides is 3. The molecule has 8 rings (SSSR count). The predicted octanol–water partition coefficient (Wildman–Crippen LogP) is 6.45. The molecule has 0 spiro atoms. The molecule has 5 nitrogen and oxygen atoms in total. The number of rotatable bonds is 5. The van der Waals surface area contributed by atoms with Crippen LogP contribution in [0.4, 0.5) is 5.69 Å². The van der Waals surface area contributed by atoms with Crippen LogP contribution < -0.4 is 5.32 Å². The summed E-state index contributed by atoms with van der Waals surface area (Å²) in [7, 11) is 0. The summed E-state index contributed by atoms with van der Waals surface area (Å²) in [6.07, 6.45) is 0.152. The van der Waals surface area contributed by atoms with Crippen molar-refractivity contribution in [3.8, 4) is 0 Å². The van der Waals surface area contributed by atoms with E-state index in [4.69, 9.17) is 23.2 Å². The molecule has 0 aromatic heterocycles. The minimum absolute atomic E-state index is 0.152. The zero-order chi connectivity index (χ0) is 29.4. The van der Waals surface area contributed by atoms with Crippen molar-refractivity contribution in [3.63, 3.8) is 0 Å². The minimum atomic E-state index is -1.31. The molecule has 0 unspecified atom stereocenters. The zero-order valence-corrected chi connectivity index (χ0v) is 24.6. The molecule has 0 radical (unpaired) electrons. The van der Waals surface area contributed by atoms with Crippen molar-refractivity contribution in [3.05, 3.63) is 136 Å². The Morgan fingerprint density at radius 1 is 0.762 bits per heavy atom. The topological polar surface area (TPSA) is 66.5 Å². The highest BCUT2D eigenvalue weighted by molar-refractivity contribution is 6.36. The van der Waals surface area contributed by atoms with Crippen molar-refractivity contribution < 1.29 is 14.4 Å². The fraction of sp³-hybridized carbons (Fsp3) is 0.229. The van der Waals surface area contributed by atoms with E-state index in [1.165, 1.54) is 0 Å². The third-order valence-corrected chi connectivity index (χ3v) is 10.4. The molecule has 3 atom stereocenters. The van der Waals surface area contributed by atoms with Gasteiger partial charge in [-0.3, -0.25) is 19.3 Å². The monoisotopic (exact) mass is 594 g/mol. The Hall–Kier alpha value is -3.93. The number of alkyl halides is 2. The fourth-order valence-corrected chi connectivity index (χ4v) is 8.40. The molecule has 42 heavy (non-hydrogen) atoms. The van der Waals surface area contributed by atoms with Crippen LogP contribution in [0.15, 0.2) is 97.1 Å². The molecule has 1 N–H and O–H groups in total. The Kier molecular flexibility index (Phi) is 6.12. The highest BCUT2D eigenvalue weighted by Gasteiger charge is 2.73. The Morgan fingerprint density at radius 2 is 1.24 bits per heavy atom. The largest absolute Gasteiger partial charge is 0.324 e. The van der Waals surface area contributed by atoms with Crippen LogP contribution in [0.1, 0.15) is 38.9 Å². The summed E-state index contributed by atoms with van der Waals surface area (Å²) in [5, 5.41) is 3.00. The average molecular weight is 596 g/mol. The van der Waals surface area contributed by atoms with Crippen LogP contribution >= 0.6 is 23.2 Å². The SMILES string of the molecule is Cc1ccc(NC(=O)[C@@H](Cc2ccccc2)N2C(=O)[C@@H]3[C@H](C2=O)C2(Cl)c4ccccc4C3(Cl)c3ccccc32)c(C)c1. The van der Waals surface area contributed by atoms with E-state index >= 15 is 0 Å². The van der Waals surface area contributed by atoms with Gasteiger partial charge in [0.15, 0.2) is 0 Å². The van der Waals surface area contributed by atoms with Crippen LogP contribution in [-0.2, 0) is 30.6 Å². The molecule has 1 saturated heterocycles. The lowest BCUT2D eigenvalue weighted by atomic mass is 9.54. The first-order valence-corrected chi connectivity index (χ1v) is 14.8. The van der Waals surface area contributed by atoms with E-state index in [-0.39, 0.29) is 6.42 Å². The van der Waals surface area contributed by atoms with Crippen LogP contribution in [0.3, 0.4) is 0 Å². The first kappa shape index (κ1) is 26.9. The van der Waals surface area contributed by atoms with E-state index < -0.39 is 45.3 Å². The summed E-state index contributed by atoms with van der Waals surface area (Å²) in [4.78, 5) is 41.8. The Labute approximate surface area is 254 Å². The van der Waals surface area contributed by atoms with Crippen LogP contribution in [0, 0.1) is 25.7 Å². The molecule has 7 heteroatoms. The second-order valence-electron chi connectivity index (χ2n) is 11.5. The van der Waals surface area contributed by atoms with Crippen molar-refractivity contribution in [2.24, 2.45) is 11.8 Å². The first-order valence-electron chi connectivity index (χ1n) is 14.0. The highest BCUT2D eigenvalue weighted by atomic mass is 35.5. The Morgan fingerprint density at radius 3 is 1.71 bits per heavy atom. The molecule has 4 aliphatic rings. The standard InChI is InChI=1S/C35H28Cl2N2O3/c1-20-16-17-27(21(2)18-20)38-31(40)28(19-22-10-4-3-5-11-22)39-32(41)29-30(33(39)42)35(37)24-13-7-6-12-23(24)34(29,36)25-14-8-9-15-26(25)35/h3-18,28-30H,19H2,1-2H3,(H,38,40)/t28-,29-,30+,34?,35?/m1/s1. The van der Waals surface area contributed by atoms with Gasteiger partial charge in [0, 0.05) is 12.1 Å².